The summed E-state index contributed by atoms with van der Waals surface area (Å²) in [7, 11) is 0. The van der Waals surface area contributed by atoms with E-state index in [0.717, 1.165) is 30.2 Å². The maximum absolute atomic E-state index is 13.2. The molecule has 1 heterocycles. The van der Waals surface area contributed by atoms with Crippen LogP contribution in [0.3, 0.4) is 0 Å². The van der Waals surface area contributed by atoms with Crippen LogP contribution < -0.4 is 0 Å². The first kappa shape index (κ1) is 22.7. The molecule has 31 heavy (non-hydrogen) atoms. The molecule has 3 nitrogen and oxygen atoms in total. The van der Waals surface area contributed by atoms with Crippen LogP contribution in [0.1, 0.15) is 52.5 Å². The normalized spacial score (nSPS) is 11.5. The Kier molecular flexibility index (Phi) is 7.21. The number of rotatable bonds is 8. The fourth-order valence-corrected chi connectivity index (χ4v) is 3.57. The summed E-state index contributed by atoms with van der Waals surface area (Å²) in [6.45, 7) is 5.33. The Morgan fingerprint density at radius 2 is 1.81 bits per heavy atom. The van der Waals surface area contributed by atoms with Gasteiger partial charge in [-0.3, -0.25) is 4.79 Å². The molecule has 3 rings (SSSR count). The maximum atomic E-state index is 13.2. The molecule has 0 bridgehead atoms. The van der Waals surface area contributed by atoms with E-state index in [0.29, 0.717) is 30.8 Å². The summed E-state index contributed by atoms with van der Waals surface area (Å²) in [5, 5.41) is 0. The van der Waals surface area contributed by atoms with Gasteiger partial charge in [-0.25, -0.2) is 0 Å². The number of alkyl halides is 3. The smallest absolute Gasteiger partial charge is 0.345 e. The van der Waals surface area contributed by atoms with E-state index in [1.807, 2.05) is 59.0 Å². The third-order valence-corrected chi connectivity index (χ3v) is 5.33. The third kappa shape index (κ3) is 5.78. The van der Waals surface area contributed by atoms with E-state index in [2.05, 4.69) is 6.92 Å². The maximum Gasteiger partial charge on any atom is 0.416 e. The predicted octanol–water partition coefficient (Wildman–Crippen LogP) is 6.31. The van der Waals surface area contributed by atoms with Gasteiger partial charge in [-0.05, 0) is 54.8 Å². The van der Waals surface area contributed by atoms with Gasteiger partial charge in [0, 0.05) is 30.5 Å². The highest BCUT2D eigenvalue weighted by Crippen LogP contribution is 2.29. The van der Waals surface area contributed by atoms with Crippen molar-refractivity contribution in [3.05, 3.63) is 94.8 Å². The second-order valence-electron chi connectivity index (χ2n) is 7.72. The van der Waals surface area contributed by atoms with Gasteiger partial charge in [0.15, 0.2) is 0 Å². The molecule has 0 aliphatic rings. The molecule has 0 saturated heterocycles. The summed E-state index contributed by atoms with van der Waals surface area (Å²) >= 11 is 0. The molecule has 0 atom stereocenters. The van der Waals surface area contributed by atoms with Crippen LogP contribution in [0.25, 0.3) is 0 Å². The molecule has 2 aromatic carbocycles. The van der Waals surface area contributed by atoms with Crippen molar-refractivity contribution >= 4 is 5.91 Å². The number of hydrogen-bond donors (Lipinski definition) is 0. The van der Waals surface area contributed by atoms with Crippen LogP contribution >= 0.6 is 0 Å². The number of carbonyl (C=O) groups excluding carboxylic acids is 1. The Labute approximate surface area is 181 Å². The van der Waals surface area contributed by atoms with Crippen LogP contribution in [0.2, 0.25) is 0 Å². The molecule has 1 aromatic heterocycles. The lowest BCUT2D eigenvalue weighted by Gasteiger charge is -2.24. The van der Waals surface area contributed by atoms with Crippen molar-refractivity contribution in [2.24, 2.45) is 0 Å². The van der Waals surface area contributed by atoms with E-state index in [9.17, 15) is 18.0 Å². The van der Waals surface area contributed by atoms with Gasteiger partial charge in [-0.2, -0.15) is 13.2 Å². The third-order valence-electron chi connectivity index (χ3n) is 5.33. The summed E-state index contributed by atoms with van der Waals surface area (Å²) < 4.78 is 41.0. The summed E-state index contributed by atoms with van der Waals surface area (Å²) in [4.78, 5) is 15.0. The second-order valence-corrected chi connectivity index (χ2v) is 7.72. The average Bonchev–Trinajstić information content (AvgIpc) is 3.17. The Bertz CT molecular complexity index is 1020. The zero-order valence-corrected chi connectivity index (χ0v) is 17.8. The van der Waals surface area contributed by atoms with Crippen molar-refractivity contribution in [2.75, 3.05) is 6.54 Å². The number of aryl methyl sites for hydroxylation is 1. The van der Waals surface area contributed by atoms with Crippen LogP contribution in [0, 0.1) is 6.92 Å². The first-order valence-electron chi connectivity index (χ1n) is 10.4. The van der Waals surface area contributed by atoms with E-state index in [-0.39, 0.29) is 5.91 Å². The summed E-state index contributed by atoms with van der Waals surface area (Å²) in [6, 6.07) is 16.7. The van der Waals surface area contributed by atoms with Gasteiger partial charge in [-0.1, -0.05) is 43.7 Å². The number of nitrogens with zero attached hydrogens (tertiary/aromatic N) is 2. The number of halogens is 3. The number of aromatic nitrogens is 1. The highest BCUT2D eigenvalue weighted by atomic mass is 19.4. The minimum absolute atomic E-state index is 0.0293. The van der Waals surface area contributed by atoms with E-state index in [4.69, 9.17) is 0 Å². The molecule has 0 fully saturated rings. The molecule has 6 heteroatoms. The lowest BCUT2D eigenvalue weighted by Crippen LogP contribution is -2.32. The van der Waals surface area contributed by atoms with Crippen LogP contribution in [0.15, 0.2) is 66.9 Å². The van der Waals surface area contributed by atoms with Crippen molar-refractivity contribution in [3.63, 3.8) is 0 Å². The van der Waals surface area contributed by atoms with E-state index >= 15 is 0 Å². The van der Waals surface area contributed by atoms with Crippen LogP contribution in [0.5, 0.6) is 0 Å². The van der Waals surface area contributed by atoms with Crippen LogP contribution in [0.4, 0.5) is 13.2 Å². The molecule has 1 amide bonds. The fraction of sp³-hybridized carbons (Fsp3) is 0.320. The Morgan fingerprint density at radius 1 is 1.03 bits per heavy atom. The zero-order valence-electron chi connectivity index (χ0n) is 17.8. The minimum atomic E-state index is -4.37. The molecule has 0 spiro atoms. The Balaban J connectivity index is 1.82. The summed E-state index contributed by atoms with van der Waals surface area (Å²) in [6.07, 6.45) is -0.687. The largest absolute Gasteiger partial charge is 0.416 e. The van der Waals surface area contributed by atoms with Gasteiger partial charge in [0.2, 0.25) is 0 Å². The molecule has 0 N–H and O–H groups in total. The summed E-state index contributed by atoms with van der Waals surface area (Å²) in [5.74, 6) is -0.0293. The number of hydrogen-bond acceptors (Lipinski definition) is 1. The lowest BCUT2D eigenvalue weighted by molar-refractivity contribution is -0.137. The van der Waals surface area contributed by atoms with Crippen LogP contribution in [-0.4, -0.2) is 21.9 Å². The first-order chi connectivity index (χ1) is 14.8. The first-order valence-corrected chi connectivity index (χ1v) is 10.4. The van der Waals surface area contributed by atoms with E-state index in [1.165, 1.54) is 12.1 Å². The molecule has 0 saturated carbocycles. The molecular weight excluding hydrogens is 401 g/mol. The molecule has 0 radical (unpaired) electrons. The number of amides is 1. The Morgan fingerprint density at radius 3 is 2.52 bits per heavy atom. The molecule has 0 unspecified atom stereocenters. The van der Waals surface area contributed by atoms with Crippen molar-refractivity contribution in [3.8, 4) is 0 Å². The average molecular weight is 428 g/mol. The van der Waals surface area contributed by atoms with Crippen molar-refractivity contribution in [1.29, 1.82) is 0 Å². The topological polar surface area (TPSA) is 25.2 Å². The monoisotopic (exact) mass is 428 g/mol. The SMILES string of the molecule is CCCCN(Cc1cccn1Cc1cccc(C(F)(F)F)c1)C(=O)c1ccccc1C. The molecular formula is C25H27F3N2O. The highest BCUT2D eigenvalue weighted by molar-refractivity contribution is 5.95. The fourth-order valence-electron chi connectivity index (χ4n) is 3.57. The number of carbonyl (C=O) groups is 1. The number of unbranched alkanes of at least 4 members (excludes halogenated alkanes) is 1. The lowest BCUT2D eigenvalue weighted by atomic mass is 10.1. The van der Waals surface area contributed by atoms with Gasteiger partial charge in [-0.15, -0.1) is 0 Å². The molecule has 0 aliphatic heterocycles. The predicted molar refractivity (Wildman–Crippen MR) is 116 cm³/mol. The molecule has 3 aromatic rings. The van der Waals surface area contributed by atoms with Crippen molar-refractivity contribution in [2.45, 2.75) is 46.0 Å². The van der Waals surface area contributed by atoms with E-state index < -0.39 is 11.7 Å². The standard InChI is InChI=1S/C25H27F3N2O/c1-3-4-14-30(24(31)23-13-6-5-9-19(23)2)18-22-12-8-15-29(22)17-20-10-7-11-21(16-20)25(26,27)28/h5-13,15-16H,3-4,14,17-18H2,1-2H3. The van der Waals surface area contributed by atoms with Gasteiger partial charge in [0.25, 0.3) is 5.91 Å². The quantitative estimate of drug-likeness (QED) is 0.413. The molecule has 164 valence electrons. The highest BCUT2D eigenvalue weighted by Gasteiger charge is 2.30. The van der Waals surface area contributed by atoms with Gasteiger partial charge < -0.3 is 9.47 Å². The number of benzene rings is 2. The van der Waals surface area contributed by atoms with Gasteiger partial charge in [0.1, 0.15) is 0 Å². The van der Waals surface area contributed by atoms with E-state index in [1.54, 1.807) is 6.07 Å². The zero-order chi connectivity index (χ0) is 22.4. The molecule has 0 aliphatic carbocycles. The van der Waals surface area contributed by atoms with Crippen molar-refractivity contribution in [1.82, 2.24) is 9.47 Å². The van der Waals surface area contributed by atoms with Crippen LogP contribution in [-0.2, 0) is 19.3 Å². The Hall–Kier alpha value is -3.02. The van der Waals surface area contributed by atoms with Gasteiger partial charge >= 0.3 is 6.18 Å². The second kappa shape index (κ2) is 9.86. The summed E-state index contributed by atoms with van der Waals surface area (Å²) in [5.41, 5.74) is 2.40. The van der Waals surface area contributed by atoms with Gasteiger partial charge in [0.05, 0.1) is 12.1 Å². The van der Waals surface area contributed by atoms with Crippen molar-refractivity contribution < 1.29 is 18.0 Å². The minimum Gasteiger partial charge on any atom is -0.345 e.